The van der Waals surface area contributed by atoms with Gasteiger partial charge in [-0.25, -0.2) is 4.39 Å². The maximum atomic E-state index is 13.0. The van der Waals surface area contributed by atoms with Gasteiger partial charge in [-0.05, 0) is 31.2 Å². The molecule has 0 aromatic heterocycles. The van der Waals surface area contributed by atoms with Crippen molar-refractivity contribution in [1.82, 2.24) is 0 Å². The van der Waals surface area contributed by atoms with Crippen LogP contribution in [0.2, 0.25) is 0 Å². The zero-order chi connectivity index (χ0) is 14.5. The first kappa shape index (κ1) is 14.0. The van der Waals surface area contributed by atoms with Gasteiger partial charge in [0.2, 0.25) is 0 Å². The average molecular weight is 272 g/mol. The van der Waals surface area contributed by atoms with E-state index in [2.05, 4.69) is 11.8 Å². The van der Waals surface area contributed by atoms with Crippen molar-refractivity contribution in [1.29, 1.82) is 0 Å². The molecule has 0 unspecified atom stereocenters. The summed E-state index contributed by atoms with van der Waals surface area (Å²) in [5.74, 6) is 4.36. The molecular weight excluding hydrogens is 261 g/mol. The largest absolute Gasteiger partial charge is 0.306 e. The van der Waals surface area contributed by atoms with Gasteiger partial charge >= 0.3 is 6.08 Å². The van der Waals surface area contributed by atoms with Gasteiger partial charge in [-0.15, -0.1) is 0 Å². The molecule has 0 amide bonds. The Morgan fingerprint density at radius 1 is 0.750 bits per heavy atom. The zero-order valence-corrected chi connectivity index (χ0v) is 10.8. The molecule has 0 atom stereocenters. The SMILES string of the molecule is Cc1ccc(C#Cc2ccc(C(F)=C(F)F)cc2)cc1. The van der Waals surface area contributed by atoms with E-state index in [0.29, 0.717) is 5.56 Å². The predicted molar refractivity (Wildman–Crippen MR) is 73.8 cm³/mol. The van der Waals surface area contributed by atoms with Gasteiger partial charge in [-0.1, -0.05) is 41.7 Å². The van der Waals surface area contributed by atoms with Crippen LogP contribution in [0.25, 0.3) is 5.83 Å². The molecule has 2 aromatic carbocycles. The molecule has 0 bridgehead atoms. The lowest BCUT2D eigenvalue weighted by Gasteiger charge is -1.97. The lowest BCUT2D eigenvalue weighted by molar-refractivity contribution is 0.410. The summed E-state index contributed by atoms with van der Waals surface area (Å²) < 4.78 is 37.2. The normalized spacial score (nSPS) is 9.60. The molecule has 0 spiro atoms. The first-order valence-corrected chi connectivity index (χ1v) is 5.96. The van der Waals surface area contributed by atoms with Crippen LogP contribution in [0.5, 0.6) is 0 Å². The van der Waals surface area contributed by atoms with E-state index in [-0.39, 0.29) is 5.56 Å². The minimum Gasteiger partial charge on any atom is -0.200 e. The molecule has 2 aromatic rings. The van der Waals surface area contributed by atoms with E-state index in [9.17, 15) is 13.2 Å². The lowest BCUT2D eigenvalue weighted by Crippen LogP contribution is -1.81. The standard InChI is InChI=1S/C17H11F3/c1-12-2-4-13(5-3-12)6-7-14-8-10-15(11-9-14)16(18)17(19)20/h2-5,8-11H,1H3. The van der Waals surface area contributed by atoms with Crippen LogP contribution in [0.15, 0.2) is 54.6 Å². The highest BCUT2D eigenvalue weighted by Gasteiger charge is 2.07. The van der Waals surface area contributed by atoms with Crippen LogP contribution in [0.3, 0.4) is 0 Å². The summed E-state index contributed by atoms with van der Waals surface area (Å²) in [7, 11) is 0. The number of benzene rings is 2. The third-order valence-corrected chi connectivity index (χ3v) is 2.71. The lowest BCUT2D eigenvalue weighted by atomic mass is 10.1. The van der Waals surface area contributed by atoms with Crippen molar-refractivity contribution < 1.29 is 13.2 Å². The van der Waals surface area contributed by atoms with Crippen molar-refractivity contribution in [2.75, 3.05) is 0 Å². The monoisotopic (exact) mass is 272 g/mol. The molecule has 100 valence electrons. The molecule has 0 heterocycles. The first-order chi connectivity index (χ1) is 9.56. The molecule has 0 N–H and O–H groups in total. The van der Waals surface area contributed by atoms with E-state index in [1.165, 1.54) is 24.3 Å². The summed E-state index contributed by atoms with van der Waals surface area (Å²) in [5.41, 5.74) is 2.50. The van der Waals surface area contributed by atoms with Gasteiger partial charge in [-0.2, -0.15) is 8.78 Å². The number of rotatable bonds is 1. The van der Waals surface area contributed by atoms with E-state index < -0.39 is 11.9 Å². The Labute approximate surface area is 115 Å². The molecule has 0 aliphatic heterocycles. The van der Waals surface area contributed by atoms with Crippen LogP contribution in [0, 0.1) is 18.8 Å². The molecule has 0 radical (unpaired) electrons. The molecule has 0 saturated carbocycles. The Hall–Kier alpha value is -2.47. The Bertz CT molecular complexity index is 680. The van der Waals surface area contributed by atoms with Crippen molar-refractivity contribution in [2.24, 2.45) is 0 Å². The third kappa shape index (κ3) is 3.52. The number of hydrogen-bond donors (Lipinski definition) is 0. The van der Waals surface area contributed by atoms with Crippen LogP contribution < -0.4 is 0 Å². The smallest absolute Gasteiger partial charge is 0.200 e. The van der Waals surface area contributed by atoms with Crippen LogP contribution in [0.4, 0.5) is 13.2 Å². The molecule has 2 rings (SSSR count). The Balaban J connectivity index is 2.20. The van der Waals surface area contributed by atoms with E-state index >= 15 is 0 Å². The average Bonchev–Trinajstić information content (AvgIpc) is 2.46. The van der Waals surface area contributed by atoms with Gasteiger partial charge in [0.1, 0.15) is 0 Å². The minimum absolute atomic E-state index is 0.147. The van der Waals surface area contributed by atoms with Crippen LogP contribution in [0.1, 0.15) is 22.3 Å². The van der Waals surface area contributed by atoms with Crippen molar-refractivity contribution >= 4 is 5.83 Å². The molecule has 20 heavy (non-hydrogen) atoms. The molecule has 0 aliphatic rings. The van der Waals surface area contributed by atoms with Gasteiger partial charge < -0.3 is 0 Å². The highest BCUT2D eigenvalue weighted by atomic mass is 19.3. The highest BCUT2D eigenvalue weighted by Crippen LogP contribution is 2.22. The summed E-state index contributed by atoms with van der Waals surface area (Å²) in [6, 6.07) is 13.3. The van der Waals surface area contributed by atoms with Gasteiger partial charge in [0.15, 0.2) is 5.83 Å². The first-order valence-electron chi connectivity index (χ1n) is 5.96. The molecular formula is C17H11F3. The second-order valence-electron chi connectivity index (χ2n) is 4.27. The molecule has 0 nitrogen and oxygen atoms in total. The van der Waals surface area contributed by atoms with Gasteiger partial charge in [0.25, 0.3) is 0 Å². The molecule has 0 saturated heterocycles. The summed E-state index contributed by atoms with van der Waals surface area (Å²) in [6.45, 7) is 1.99. The Kier molecular flexibility index (Phi) is 4.27. The van der Waals surface area contributed by atoms with Gasteiger partial charge in [0, 0.05) is 16.7 Å². The quantitative estimate of drug-likeness (QED) is 0.646. The predicted octanol–water partition coefficient (Wildman–Crippen LogP) is 4.93. The minimum atomic E-state index is -2.32. The van der Waals surface area contributed by atoms with Crippen molar-refractivity contribution in [3.05, 3.63) is 76.9 Å². The number of aryl methyl sites for hydroxylation is 1. The Morgan fingerprint density at radius 3 is 1.65 bits per heavy atom. The topological polar surface area (TPSA) is 0 Å². The fraction of sp³-hybridized carbons (Fsp3) is 0.0588. The van der Waals surface area contributed by atoms with Crippen LogP contribution in [-0.2, 0) is 0 Å². The van der Waals surface area contributed by atoms with Gasteiger partial charge in [-0.3, -0.25) is 0 Å². The highest BCUT2D eigenvalue weighted by molar-refractivity contribution is 5.60. The molecule has 0 aliphatic carbocycles. The number of halogens is 3. The second kappa shape index (κ2) is 6.12. The van der Waals surface area contributed by atoms with Crippen molar-refractivity contribution in [3.8, 4) is 11.8 Å². The zero-order valence-electron chi connectivity index (χ0n) is 10.8. The summed E-state index contributed by atoms with van der Waals surface area (Å²) in [5, 5.41) is 0. The summed E-state index contributed by atoms with van der Waals surface area (Å²) in [4.78, 5) is 0. The van der Waals surface area contributed by atoms with Crippen LogP contribution in [-0.4, -0.2) is 0 Å². The third-order valence-electron chi connectivity index (χ3n) is 2.71. The maximum absolute atomic E-state index is 13.0. The van der Waals surface area contributed by atoms with E-state index in [1.54, 1.807) is 0 Å². The summed E-state index contributed by atoms with van der Waals surface area (Å²) in [6.07, 6.45) is -2.32. The van der Waals surface area contributed by atoms with E-state index in [1.807, 2.05) is 31.2 Å². The fourth-order valence-corrected chi connectivity index (χ4v) is 1.59. The fourth-order valence-electron chi connectivity index (χ4n) is 1.59. The second-order valence-corrected chi connectivity index (χ2v) is 4.27. The van der Waals surface area contributed by atoms with E-state index in [0.717, 1.165) is 11.1 Å². The summed E-state index contributed by atoms with van der Waals surface area (Å²) >= 11 is 0. The molecule has 0 fully saturated rings. The van der Waals surface area contributed by atoms with Crippen LogP contribution >= 0.6 is 0 Å². The maximum Gasteiger partial charge on any atom is 0.306 e. The van der Waals surface area contributed by atoms with E-state index in [4.69, 9.17) is 0 Å². The van der Waals surface area contributed by atoms with Crippen molar-refractivity contribution in [3.63, 3.8) is 0 Å². The Morgan fingerprint density at radius 2 is 1.20 bits per heavy atom. The number of hydrogen-bond acceptors (Lipinski definition) is 0. The molecule has 3 heteroatoms. The van der Waals surface area contributed by atoms with Crippen molar-refractivity contribution in [2.45, 2.75) is 6.92 Å². The van der Waals surface area contributed by atoms with Gasteiger partial charge in [0.05, 0.1) is 0 Å².